The molecule has 1 heterocycles. The summed E-state index contributed by atoms with van der Waals surface area (Å²) in [6, 6.07) is 9.13. The van der Waals surface area contributed by atoms with Gasteiger partial charge in [-0.25, -0.2) is 0 Å². The highest BCUT2D eigenvalue weighted by Gasteiger charge is 2.25. The van der Waals surface area contributed by atoms with Crippen molar-refractivity contribution in [1.82, 2.24) is 5.32 Å². The lowest BCUT2D eigenvalue weighted by atomic mass is 9.98. The lowest BCUT2D eigenvalue weighted by Gasteiger charge is -2.34. The van der Waals surface area contributed by atoms with Crippen LogP contribution in [0.3, 0.4) is 0 Å². The maximum absolute atomic E-state index is 5.78. The van der Waals surface area contributed by atoms with E-state index in [4.69, 9.17) is 9.47 Å². The van der Waals surface area contributed by atoms with Gasteiger partial charge in [-0.1, -0.05) is 12.1 Å². The van der Waals surface area contributed by atoms with Crippen LogP contribution in [-0.2, 0) is 4.74 Å². The number of methoxy groups -OCH3 is 1. The molecule has 3 atom stereocenters. The summed E-state index contributed by atoms with van der Waals surface area (Å²) < 4.78 is 11.1. The number of rotatable bonds is 4. The zero-order chi connectivity index (χ0) is 13.8. The molecular formula is C16H25NO2. The monoisotopic (exact) mass is 263 g/mol. The van der Waals surface area contributed by atoms with Crippen molar-refractivity contribution in [2.75, 3.05) is 7.11 Å². The fourth-order valence-corrected chi connectivity index (χ4v) is 2.90. The van der Waals surface area contributed by atoms with E-state index < -0.39 is 0 Å². The van der Waals surface area contributed by atoms with Crippen LogP contribution in [0.2, 0.25) is 0 Å². The second kappa shape index (κ2) is 6.40. The van der Waals surface area contributed by atoms with Gasteiger partial charge in [-0.2, -0.15) is 0 Å². The summed E-state index contributed by atoms with van der Waals surface area (Å²) in [4.78, 5) is 0. The Kier molecular flexibility index (Phi) is 4.83. The van der Waals surface area contributed by atoms with E-state index in [9.17, 15) is 0 Å². The molecule has 0 aromatic heterocycles. The quantitative estimate of drug-likeness (QED) is 0.904. The molecule has 3 heteroatoms. The van der Waals surface area contributed by atoms with Gasteiger partial charge in [0.05, 0.1) is 19.3 Å². The molecule has 3 nitrogen and oxygen atoms in total. The van der Waals surface area contributed by atoms with Gasteiger partial charge < -0.3 is 14.8 Å². The third-order valence-corrected chi connectivity index (χ3v) is 3.78. The molecule has 0 aliphatic carbocycles. The summed E-state index contributed by atoms with van der Waals surface area (Å²) in [7, 11) is 1.71. The van der Waals surface area contributed by atoms with Gasteiger partial charge in [0, 0.05) is 12.1 Å². The molecule has 0 radical (unpaired) electrons. The van der Waals surface area contributed by atoms with Crippen LogP contribution in [0.25, 0.3) is 0 Å². The van der Waals surface area contributed by atoms with E-state index in [0.29, 0.717) is 24.3 Å². The van der Waals surface area contributed by atoms with Crippen LogP contribution in [0.15, 0.2) is 24.3 Å². The van der Waals surface area contributed by atoms with Crippen molar-refractivity contribution in [3.05, 3.63) is 29.8 Å². The first kappa shape index (κ1) is 14.4. The molecule has 1 saturated heterocycles. The van der Waals surface area contributed by atoms with Crippen LogP contribution in [-0.4, -0.2) is 25.4 Å². The van der Waals surface area contributed by atoms with Gasteiger partial charge in [-0.05, 0) is 51.3 Å². The summed E-state index contributed by atoms with van der Waals surface area (Å²) in [5.74, 6) is 0.917. The van der Waals surface area contributed by atoms with Gasteiger partial charge in [0.25, 0.3) is 0 Å². The van der Waals surface area contributed by atoms with Gasteiger partial charge in [0.2, 0.25) is 0 Å². The molecule has 1 aliphatic rings. The minimum absolute atomic E-state index is 0.331. The third-order valence-electron chi connectivity index (χ3n) is 3.78. The summed E-state index contributed by atoms with van der Waals surface area (Å²) in [6.45, 7) is 6.51. The van der Waals surface area contributed by atoms with Gasteiger partial charge in [0.1, 0.15) is 5.75 Å². The Bertz CT molecular complexity index is 397. The van der Waals surface area contributed by atoms with Crippen molar-refractivity contribution in [1.29, 1.82) is 0 Å². The van der Waals surface area contributed by atoms with E-state index >= 15 is 0 Å². The van der Waals surface area contributed by atoms with E-state index in [0.717, 1.165) is 18.6 Å². The normalized spacial score (nSPS) is 28.9. The number of hydrogen-bond acceptors (Lipinski definition) is 3. The van der Waals surface area contributed by atoms with Crippen molar-refractivity contribution < 1.29 is 9.47 Å². The standard InChI is InChI=1S/C16H25NO2/c1-11-8-15(9-12(2)19-11)17-13(3)14-6-5-7-16(10-14)18-4/h5-7,10-13,15,17H,8-9H2,1-4H3. The van der Waals surface area contributed by atoms with Crippen LogP contribution in [0.4, 0.5) is 0 Å². The van der Waals surface area contributed by atoms with E-state index in [1.54, 1.807) is 7.11 Å². The average Bonchev–Trinajstić information content (AvgIpc) is 2.37. The predicted molar refractivity (Wildman–Crippen MR) is 77.6 cm³/mol. The Balaban J connectivity index is 1.97. The zero-order valence-corrected chi connectivity index (χ0v) is 12.3. The summed E-state index contributed by atoms with van der Waals surface area (Å²) >= 11 is 0. The molecule has 1 N–H and O–H groups in total. The molecule has 1 fully saturated rings. The topological polar surface area (TPSA) is 30.5 Å². The Morgan fingerprint density at radius 2 is 1.95 bits per heavy atom. The summed E-state index contributed by atoms with van der Waals surface area (Å²) in [6.07, 6.45) is 2.86. The molecule has 0 amide bonds. The number of nitrogens with one attached hydrogen (secondary N) is 1. The first-order valence-electron chi connectivity index (χ1n) is 7.14. The largest absolute Gasteiger partial charge is 0.497 e. The lowest BCUT2D eigenvalue weighted by molar-refractivity contribution is -0.0433. The Labute approximate surface area is 116 Å². The molecule has 2 rings (SSSR count). The van der Waals surface area contributed by atoms with Crippen molar-refractivity contribution in [3.63, 3.8) is 0 Å². The molecular weight excluding hydrogens is 238 g/mol. The Morgan fingerprint density at radius 3 is 2.58 bits per heavy atom. The van der Waals surface area contributed by atoms with E-state index in [1.807, 2.05) is 12.1 Å². The van der Waals surface area contributed by atoms with E-state index in [-0.39, 0.29) is 0 Å². The van der Waals surface area contributed by atoms with Crippen molar-refractivity contribution in [3.8, 4) is 5.75 Å². The number of benzene rings is 1. The highest BCUT2D eigenvalue weighted by atomic mass is 16.5. The Morgan fingerprint density at radius 1 is 1.26 bits per heavy atom. The van der Waals surface area contributed by atoms with Crippen LogP contribution in [0.5, 0.6) is 5.75 Å². The van der Waals surface area contributed by atoms with Crippen LogP contribution < -0.4 is 10.1 Å². The van der Waals surface area contributed by atoms with Crippen LogP contribution in [0, 0.1) is 0 Å². The fourth-order valence-electron chi connectivity index (χ4n) is 2.90. The molecule has 0 saturated carbocycles. The highest BCUT2D eigenvalue weighted by Crippen LogP contribution is 2.24. The molecule has 3 unspecified atom stereocenters. The van der Waals surface area contributed by atoms with Gasteiger partial charge in [-0.15, -0.1) is 0 Å². The highest BCUT2D eigenvalue weighted by molar-refractivity contribution is 5.30. The van der Waals surface area contributed by atoms with Gasteiger partial charge in [0.15, 0.2) is 0 Å². The molecule has 1 aromatic rings. The van der Waals surface area contributed by atoms with Gasteiger partial charge in [-0.3, -0.25) is 0 Å². The van der Waals surface area contributed by atoms with Gasteiger partial charge >= 0.3 is 0 Å². The summed E-state index contributed by atoms with van der Waals surface area (Å²) in [5, 5.41) is 3.71. The van der Waals surface area contributed by atoms with Crippen LogP contribution in [0.1, 0.15) is 45.2 Å². The summed E-state index contributed by atoms with van der Waals surface area (Å²) in [5.41, 5.74) is 1.27. The van der Waals surface area contributed by atoms with Crippen molar-refractivity contribution in [2.24, 2.45) is 0 Å². The zero-order valence-electron chi connectivity index (χ0n) is 12.3. The fraction of sp³-hybridized carbons (Fsp3) is 0.625. The molecule has 1 aliphatic heterocycles. The molecule has 0 spiro atoms. The minimum Gasteiger partial charge on any atom is -0.497 e. The molecule has 1 aromatic carbocycles. The second-order valence-electron chi connectivity index (χ2n) is 5.59. The first-order chi connectivity index (χ1) is 9.08. The molecule has 0 bridgehead atoms. The van der Waals surface area contributed by atoms with E-state index in [1.165, 1.54) is 5.56 Å². The predicted octanol–water partition coefficient (Wildman–Crippen LogP) is 3.30. The number of ether oxygens (including phenoxy) is 2. The third kappa shape index (κ3) is 3.95. The Hall–Kier alpha value is -1.06. The van der Waals surface area contributed by atoms with E-state index in [2.05, 4.69) is 38.2 Å². The average molecular weight is 263 g/mol. The minimum atomic E-state index is 0.331. The first-order valence-corrected chi connectivity index (χ1v) is 7.14. The molecule has 19 heavy (non-hydrogen) atoms. The molecule has 106 valence electrons. The van der Waals surface area contributed by atoms with Crippen LogP contribution >= 0.6 is 0 Å². The van der Waals surface area contributed by atoms with Crippen molar-refractivity contribution >= 4 is 0 Å². The maximum Gasteiger partial charge on any atom is 0.119 e. The second-order valence-corrected chi connectivity index (χ2v) is 5.59. The smallest absolute Gasteiger partial charge is 0.119 e. The maximum atomic E-state index is 5.78. The SMILES string of the molecule is COc1cccc(C(C)NC2CC(C)OC(C)C2)c1. The van der Waals surface area contributed by atoms with Crippen molar-refractivity contribution in [2.45, 2.75) is 57.9 Å². The number of hydrogen-bond donors (Lipinski definition) is 1. The lowest BCUT2D eigenvalue weighted by Crippen LogP contribution is -2.42.